The van der Waals surface area contributed by atoms with Crippen LogP contribution in [0.3, 0.4) is 0 Å². The summed E-state index contributed by atoms with van der Waals surface area (Å²) in [5, 5.41) is -1.24. The summed E-state index contributed by atoms with van der Waals surface area (Å²) in [6.07, 6.45) is -17.5. The third-order valence-electron chi connectivity index (χ3n) is 2.50. The van der Waals surface area contributed by atoms with Gasteiger partial charge in [0.05, 0.1) is 21.3 Å². The lowest BCUT2D eigenvalue weighted by molar-refractivity contribution is -0.457. The van der Waals surface area contributed by atoms with E-state index in [9.17, 15) is 48.7 Å². The van der Waals surface area contributed by atoms with E-state index in [0.717, 1.165) is 5.32 Å². The van der Waals surface area contributed by atoms with Gasteiger partial charge in [-0.2, -0.15) is 30.7 Å². The van der Waals surface area contributed by atoms with E-state index in [1.165, 1.54) is 0 Å². The molecule has 1 aromatic carbocycles. The molecule has 0 atom stereocenters. The monoisotopic (exact) mass is 441 g/mol. The molecule has 26 heavy (non-hydrogen) atoms. The number of nitrogens with one attached hydrogen (secondary N) is 1. The van der Waals surface area contributed by atoms with Crippen molar-refractivity contribution in [2.45, 2.75) is 24.6 Å². The minimum absolute atomic E-state index is 0.117. The van der Waals surface area contributed by atoms with Crippen molar-refractivity contribution in [3.63, 3.8) is 0 Å². The summed E-state index contributed by atoms with van der Waals surface area (Å²) in [5.74, 6) is -9.15. The van der Waals surface area contributed by atoms with Crippen molar-refractivity contribution in [2.24, 2.45) is 0 Å². The highest BCUT2D eigenvalue weighted by molar-refractivity contribution is 6.40. The predicted octanol–water partition coefficient (Wildman–Crippen LogP) is 5.72. The van der Waals surface area contributed by atoms with E-state index in [0.29, 0.717) is 0 Å². The smallest absolute Gasteiger partial charge is 0.318 e. The van der Waals surface area contributed by atoms with Gasteiger partial charge in [0.1, 0.15) is 0 Å². The van der Waals surface area contributed by atoms with Crippen LogP contribution >= 0.6 is 23.2 Å². The van der Waals surface area contributed by atoms with Crippen molar-refractivity contribution in [1.82, 2.24) is 0 Å². The SMILES string of the molecule is O=C(Nc1c(Cl)cc(C(F)(F)F)cc1Cl)C(F)(F)C(F)(F)OC(F)(F)F. The van der Waals surface area contributed by atoms with E-state index in [4.69, 9.17) is 23.2 Å². The number of benzene rings is 1. The number of carbonyl (C=O) groups excluding carboxylic acids is 1. The minimum Gasteiger partial charge on any atom is -0.318 e. The molecular formula is C11H3Cl2F10NO2. The van der Waals surface area contributed by atoms with Gasteiger partial charge in [-0.05, 0) is 12.1 Å². The molecule has 0 unspecified atom stereocenters. The Morgan fingerprint density at radius 1 is 0.885 bits per heavy atom. The maximum absolute atomic E-state index is 13.3. The number of hydrogen-bond donors (Lipinski definition) is 1. The first-order valence-electron chi connectivity index (χ1n) is 5.78. The van der Waals surface area contributed by atoms with Crippen LogP contribution in [0.4, 0.5) is 49.6 Å². The van der Waals surface area contributed by atoms with Crippen LogP contribution in [-0.2, 0) is 15.7 Å². The Hall–Kier alpha value is -1.47. The summed E-state index contributed by atoms with van der Waals surface area (Å²) in [7, 11) is 0. The van der Waals surface area contributed by atoms with Crippen LogP contribution in [0.1, 0.15) is 5.56 Å². The second kappa shape index (κ2) is 6.93. The van der Waals surface area contributed by atoms with E-state index in [1.54, 1.807) is 0 Å². The maximum Gasteiger partial charge on any atom is 0.527 e. The predicted molar refractivity (Wildman–Crippen MR) is 67.1 cm³/mol. The van der Waals surface area contributed by atoms with Crippen LogP contribution in [0.25, 0.3) is 0 Å². The lowest BCUT2D eigenvalue weighted by atomic mass is 10.2. The lowest BCUT2D eigenvalue weighted by Gasteiger charge is -2.26. The average molecular weight is 442 g/mol. The molecule has 0 aliphatic carbocycles. The molecule has 0 saturated carbocycles. The molecule has 0 heterocycles. The van der Waals surface area contributed by atoms with Gasteiger partial charge >= 0.3 is 30.5 Å². The molecule has 0 aliphatic rings. The number of amides is 1. The normalized spacial score (nSPS) is 13.7. The van der Waals surface area contributed by atoms with Crippen LogP contribution in [0.15, 0.2) is 12.1 Å². The number of ether oxygens (including phenoxy) is 1. The lowest BCUT2D eigenvalue weighted by Crippen LogP contribution is -2.53. The molecule has 0 radical (unpaired) electrons. The molecule has 1 N–H and O–H groups in total. The van der Waals surface area contributed by atoms with Crippen LogP contribution in [0.2, 0.25) is 10.0 Å². The molecule has 1 aromatic rings. The maximum atomic E-state index is 13.3. The molecule has 0 saturated heterocycles. The molecule has 148 valence electrons. The number of rotatable bonds is 4. The average Bonchev–Trinajstić information content (AvgIpc) is 2.38. The summed E-state index contributed by atoms with van der Waals surface area (Å²) in [4.78, 5) is 11.2. The zero-order valence-corrected chi connectivity index (χ0v) is 13.0. The number of hydrogen-bond acceptors (Lipinski definition) is 2. The van der Waals surface area contributed by atoms with Crippen LogP contribution < -0.4 is 5.32 Å². The zero-order chi connectivity index (χ0) is 20.7. The summed E-state index contributed by atoms with van der Waals surface area (Å²) in [5.41, 5.74) is -2.63. The van der Waals surface area contributed by atoms with Crippen molar-refractivity contribution in [1.29, 1.82) is 0 Å². The summed E-state index contributed by atoms with van der Waals surface area (Å²) >= 11 is 10.6. The second-order valence-corrected chi connectivity index (χ2v) is 5.22. The fraction of sp³-hybridized carbons (Fsp3) is 0.364. The van der Waals surface area contributed by atoms with Crippen molar-refractivity contribution in [3.8, 4) is 0 Å². The summed E-state index contributed by atoms with van der Waals surface area (Å²) < 4.78 is 127. The number of anilines is 1. The fourth-order valence-electron chi connectivity index (χ4n) is 1.39. The first-order chi connectivity index (χ1) is 11.4. The summed E-state index contributed by atoms with van der Waals surface area (Å²) in [6.45, 7) is 0. The molecule has 0 aromatic heterocycles. The Morgan fingerprint density at radius 3 is 1.65 bits per heavy atom. The van der Waals surface area contributed by atoms with Crippen LogP contribution in [-0.4, -0.2) is 24.3 Å². The Bertz CT molecular complexity index is 678. The van der Waals surface area contributed by atoms with Crippen molar-refractivity contribution < 1.29 is 53.4 Å². The molecule has 0 spiro atoms. The number of carbonyl (C=O) groups is 1. The van der Waals surface area contributed by atoms with E-state index in [2.05, 4.69) is 0 Å². The highest BCUT2D eigenvalue weighted by Gasteiger charge is 2.67. The van der Waals surface area contributed by atoms with Crippen LogP contribution in [0, 0.1) is 0 Å². The van der Waals surface area contributed by atoms with Gasteiger partial charge < -0.3 is 5.32 Å². The Balaban J connectivity index is 3.18. The topological polar surface area (TPSA) is 38.3 Å². The van der Waals surface area contributed by atoms with E-state index >= 15 is 0 Å². The Labute approximate surface area is 146 Å². The zero-order valence-electron chi connectivity index (χ0n) is 11.5. The van der Waals surface area contributed by atoms with E-state index in [-0.39, 0.29) is 12.1 Å². The Morgan fingerprint density at radius 2 is 1.31 bits per heavy atom. The van der Waals surface area contributed by atoms with Gasteiger partial charge in [0.15, 0.2) is 0 Å². The minimum atomic E-state index is -6.33. The second-order valence-electron chi connectivity index (χ2n) is 4.41. The quantitative estimate of drug-likeness (QED) is 0.607. The number of halogens is 12. The van der Waals surface area contributed by atoms with Gasteiger partial charge in [0.25, 0.3) is 0 Å². The molecule has 0 bridgehead atoms. The van der Waals surface area contributed by atoms with Crippen molar-refractivity contribution >= 4 is 34.8 Å². The fourth-order valence-corrected chi connectivity index (χ4v) is 1.97. The highest BCUT2D eigenvalue weighted by atomic mass is 35.5. The largest absolute Gasteiger partial charge is 0.527 e. The Kier molecular flexibility index (Phi) is 6.01. The van der Waals surface area contributed by atoms with Gasteiger partial charge in [0, 0.05) is 0 Å². The number of alkyl halides is 10. The van der Waals surface area contributed by atoms with Gasteiger partial charge in [0.2, 0.25) is 0 Å². The third-order valence-corrected chi connectivity index (χ3v) is 3.10. The molecular weight excluding hydrogens is 439 g/mol. The van der Waals surface area contributed by atoms with Gasteiger partial charge in [-0.1, -0.05) is 23.2 Å². The van der Waals surface area contributed by atoms with Gasteiger partial charge in [-0.15, -0.1) is 13.2 Å². The molecule has 3 nitrogen and oxygen atoms in total. The highest BCUT2D eigenvalue weighted by Crippen LogP contribution is 2.43. The van der Waals surface area contributed by atoms with Crippen LogP contribution in [0.5, 0.6) is 0 Å². The first-order valence-corrected chi connectivity index (χ1v) is 6.54. The molecule has 0 aliphatic heterocycles. The molecule has 1 amide bonds. The molecule has 1 rings (SSSR count). The van der Waals surface area contributed by atoms with Gasteiger partial charge in [-0.3, -0.25) is 4.79 Å². The standard InChI is InChI=1S/C11H3Cl2F10NO2/c12-4-1-3(9(16,17)18)2-5(13)6(4)24-7(25)8(14,15)10(19,20)26-11(21,22)23/h1-2H,(H,24,25). The van der Waals surface area contributed by atoms with Gasteiger partial charge in [-0.25, -0.2) is 4.74 Å². The first kappa shape index (κ1) is 22.6. The van der Waals surface area contributed by atoms with Crippen molar-refractivity contribution in [2.75, 3.05) is 5.32 Å². The van der Waals surface area contributed by atoms with E-state index in [1.807, 2.05) is 4.74 Å². The molecule has 15 heteroatoms. The van der Waals surface area contributed by atoms with E-state index < -0.39 is 51.8 Å². The summed E-state index contributed by atoms with van der Waals surface area (Å²) in [6, 6.07) is 0.233. The van der Waals surface area contributed by atoms with Crippen molar-refractivity contribution in [3.05, 3.63) is 27.7 Å². The molecule has 0 fully saturated rings. The third kappa shape index (κ3) is 5.04.